The molecule has 1 aromatic heterocycles. The molecule has 0 spiro atoms. The maximum atomic E-state index is 12.1. The van der Waals surface area contributed by atoms with Gasteiger partial charge in [0.25, 0.3) is 5.91 Å². The number of aromatic nitrogens is 1. The van der Waals surface area contributed by atoms with Crippen LogP contribution in [0.2, 0.25) is 0 Å². The van der Waals surface area contributed by atoms with Crippen molar-refractivity contribution < 1.29 is 14.3 Å². The third-order valence-electron chi connectivity index (χ3n) is 4.07. The molecule has 3 aromatic rings. The zero-order valence-electron chi connectivity index (χ0n) is 14.7. The number of nitrogens with zero attached hydrogens (tertiary/aromatic N) is 2. The van der Waals surface area contributed by atoms with Crippen molar-refractivity contribution in [2.45, 2.75) is 13.8 Å². The molecule has 0 saturated heterocycles. The van der Waals surface area contributed by atoms with E-state index in [0.29, 0.717) is 10.6 Å². The molecule has 130 valence electrons. The Morgan fingerprint density at radius 3 is 2.44 bits per heavy atom. The predicted molar refractivity (Wildman–Crippen MR) is 99.3 cm³/mol. The molecule has 0 radical (unpaired) electrons. The molecule has 0 aliphatic heterocycles. The number of hydrogen-bond acceptors (Lipinski definition) is 4. The van der Waals surface area contributed by atoms with Crippen LogP contribution < -0.4 is 14.3 Å². The van der Waals surface area contributed by atoms with Gasteiger partial charge in [-0.2, -0.15) is 4.99 Å². The van der Waals surface area contributed by atoms with Crippen LogP contribution in [0.1, 0.15) is 11.1 Å². The Labute approximate surface area is 150 Å². The second kappa shape index (κ2) is 7.11. The number of amides is 1. The van der Waals surface area contributed by atoms with E-state index in [1.807, 2.05) is 11.6 Å². The standard InChI is InChI=1S/C19H20N2O3S/c1-12-9-16-17(10-13(12)2)25-19(21(16)3)20-18(22)11-24-15-7-5-14(23-4)6-8-15/h5-10H,11H2,1-4H3. The summed E-state index contributed by atoms with van der Waals surface area (Å²) >= 11 is 1.51. The van der Waals surface area contributed by atoms with E-state index in [0.717, 1.165) is 16.0 Å². The lowest BCUT2D eigenvalue weighted by Crippen LogP contribution is -2.17. The number of rotatable bonds is 4. The van der Waals surface area contributed by atoms with Gasteiger partial charge in [-0.3, -0.25) is 4.79 Å². The molecule has 2 aromatic carbocycles. The normalized spacial score (nSPS) is 11.8. The van der Waals surface area contributed by atoms with Crippen molar-refractivity contribution in [3.8, 4) is 11.5 Å². The highest BCUT2D eigenvalue weighted by Crippen LogP contribution is 2.21. The van der Waals surface area contributed by atoms with Crippen molar-refractivity contribution in [1.82, 2.24) is 4.57 Å². The van der Waals surface area contributed by atoms with E-state index in [2.05, 4.69) is 31.0 Å². The van der Waals surface area contributed by atoms with Crippen molar-refractivity contribution in [3.63, 3.8) is 0 Å². The van der Waals surface area contributed by atoms with Gasteiger partial charge in [0.2, 0.25) is 0 Å². The molecular formula is C19H20N2O3S. The number of ether oxygens (including phenoxy) is 2. The van der Waals surface area contributed by atoms with Gasteiger partial charge in [0.05, 0.1) is 17.3 Å². The number of carbonyl (C=O) groups is 1. The van der Waals surface area contributed by atoms with Gasteiger partial charge < -0.3 is 14.0 Å². The summed E-state index contributed by atoms with van der Waals surface area (Å²) in [6.07, 6.45) is 0. The van der Waals surface area contributed by atoms with Crippen LogP contribution in [0.4, 0.5) is 0 Å². The van der Waals surface area contributed by atoms with Crippen molar-refractivity contribution in [2.75, 3.05) is 13.7 Å². The molecule has 3 rings (SSSR count). The van der Waals surface area contributed by atoms with Crippen LogP contribution in [0, 0.1) is 13.8 Å². The Kier molecular flexibility index (Phi) is 4.90. The van der Waals surface area contributed by atoms with Gasteiger partial charge in [-0.1, -0.05) is 11.3 Å². The van der Waals surface area contributed by atoms with E-state index in [4.69, 9.17) is 9.47 Å². The van der Waals surface area contributed by atoms with Gasteiger partial charge in [-0.05, 0) is 61.4 Å². The number of thiazole rings is 1. The monoisotopic (exact) mass is 356 g/mol. The molecule has 6 heteroatoms. The van der Waals surface area contributed by atoms with E-state index in [-0.39, 0.29) is 12.5 Å². The molecular weight excluding hydrogens is 336 g/mol. The Bertz CT molecular complexity index is 984. The minimum atomic E-state index is -0.314. The second-order valence-electron chi connectivity index (χ2n) is 5.82. The Balaban J connectivity index is 1.78. The van der Waals surface area contributed by atoms with Gasteiger partial charge in [0.1, 0.15) is 11.5 Å². The molecule has 0 saturated carbocycles. The van der Waals surface area contributed by atoms with Crippen molar-refractivity contribution in [3.05, 3.63) is 52.3 Å². The third kappa shape index (κ3) is 3.74. The third-order valence-corrected chi connectivity index (χ3v) is 5.16. The number of aryl methyl sites for hydroxylation is 3. The fourth-order valence-electron chi connectivity index (χ4n) is 2.44. The molecule has 0 atom stereocenters. The molecule has 1 amide bonds. The fourth-order valence-corrected chi connectivity index (χ4v) is 3.56. The molecule has 25 heavy (non-hydrogen) atoms. The maximum absolute atomic E-state index is 12.1. The van der Waals surface area contributed by atoms with E-state index in [1.165, 1.54) is 22.5 Å². The average Bonchev–Trinajstić information content (AvgIpc) is 2.89. The molecule has 0 N–H and O–H groups in total. The topological polar surface area (TPSA) is 52.8 Å². The lowest BCUT2D eigenvalue weighted by atomic mass is 10.1. The predicted octanol–water partition coefficient (Wildman–Crippen LogP) is 3.37. The highest BCUT2D eigenvalue weighted by Gasteiger charge is 2.07. The van der Waals surface area contributed by atoms with Crippen LogP contribution in [-0.2, 0) is 11.8 Å². The summed E-state index contributed by atoms with van der Waals surface area (Å²) in [4.78, 5) is 17.0. The van der Waals surface area contributed by atoms with Crippen molar-refractivity contribution in [1.29, 1.82) is 0 Å². The van der Waals surface area contributed by atoms with Gasteiger partial charge >= 0.3 is 0 Å². The summed E-state index contributed by atoms with van der Waals surface area (Å²) < 4.78 is 13.6. The first-order chi connectivity index (χ1) is 12.0. The molecule has 0 aliphatic rings. The number of fused-ring (bicyclic) bond motifs is 1. The second-order valence-corrected chi connectivity index (χ2v) is 6.83. The maximum Gasteiger partial charge on any atom is 0.286 e. The smallest absolute Gasteiger partial charge is 0.286 e. The minimum Gasteiger partial charge on any atom is -0.497 e. The summed E-state index contributed by atoms with van der Waals surface area (Å²) in [5, 5.41) is 0. The first-order valence-electron chi connectivity index (χ1n) is 7.89. The first kappa shape index (κ1) is 17.2. The van der Waals surface area contributed by atoms with Crippen LogP contribution in [0.5, 0.6) is 11.5 Å². The Morgan fingerprint density at radius 1 is 1.12 bits per heavy atom. The SMILES string of the molecule is COc1ccc(OCC(=O)N=c2sc3cc(C)c(C)cc3n2C)cc1. The lowest BCUT2D eigenvalue weighted by molar-refractivity contribution is -0.120. The highest BCUT2D eigenvalue weighted by atomic mass is 32.1. The largest absolute Gasteiger partial charge is 0.497 e. The van der Waals surface area contributed by atoms with Gasteiger partial charge in [-0.15, -0.1) is 0 Å². The van der Waals surface area contributed by atoms with Gasteiger partial charge in [0.15, 0.2) is 11.4 Å². The summed E-state index contributed by atoms with van der Waals surface area (Å²) in [6, 6.07) is 11.3. The highest BCUT2D eigenvalue weighted by molar-refractivity contribution is 7.16. The molecule has 0 aliphatic carbocycles. The lowest BCUT2D eigenvalue weighted by Gasteiger charge is -2.04. The number of benzene rings is 2. The Hall–Kier alpha value is -2.60. The van der Waals surface area contributed by atoms with Gasteiger partial charge in [-0.25, -0.2) is 0 Å². The zero-order chi connectivity index (χ0) is 18.0. The summed E-state index contributed by atoms with van der Waals surface area (Å²) in [6.45, 7) is 4.06. The average molecular weight is 356 g/mol. The van der Waals surface area contributed by atoms with Crippen molar-refractivity contribution >= 4 is 27.5 Å². The molecule has 5 nitrogen and oxygen atoms in total. The number of methoxy groups -OCH3 is 1. The minimum absolute atomic E-state index is 0.0986. The van der Waals surface area contributed by atoms with E-state index in [9.17, 15) is 4.79 Å². The summed E-state index contributed by atoms with van der Waals surface area (Å²) in [5.41, 5.74) is 3.53. The summed E-state index contributed by atoms with van der Waals surface area (Å²) in [5.74, 6) is 1.04. The van der Waals surface area contributed by atoms with Crippen LogP contribution >= 0.6 is 11.3 Å². The Morgan fingerprint density at radius 2 is 1.76 bits per heavy atom. The van der Waals surface area contributed by atoms with Crippen LogP contribution in [-0.4, -0.2) is 24.2 Å². The fraction of sp³-hybridized carbons (Fsp3) is 0.263. The van der Waals surface area contributed by atoms with Crippen LogP contribution in [0.25, 0.3) is 10.2 Å². The van der Waals surface area contributed by atoms with Crippen LogP contribution in [0.15, 0.2) is 41.4 Å². The van der Waals surface area contributed by atoms with E-state index in [1.54, 1.807) is 31.4 Å². The molecule has 1 heterocycles. The molecule has 0 unspecified atom stereocenters. The number of carbonyl (C=O) groups excluding carboxylic acids is 1. The van der Waals surface area contributed by atoms with E-state index >= 15 is 0 Å². The first-order valence-corrected chi connectivity index (χ1v) is 8.71. The van der Waals surface area contributed by atoms with E-state index < -0.39 is 0 Å². The number of hydrogen-bond donors (Lipinski definition) is 0. The van der Waals surface area contributed by atoms with Crippen LogP contribution in [0.3, 0.4) is 0 Å². The zero-order valence-corrected chi connectivity index (χ0v) is 15.5. The van der Waals surface area contributed by atoms with Gasteiger partial charge in [0, 0.05) is 7.05 Å². The van der Waals surface area contributed by atoms with Crippen molar-refractivity contribution in [2.24, 2.45) is 12.0 Å². The molecule has 0 bridgehead atoms. The quantitative estimate of drug-likeness (QED) is 0.720. The molecule has 0 fully saturated rings. The summed E-state index contributed by atoms with van der Waals surface area (Å²) in [7, 11) is 3.52.